The van der Waals surface area contributed by atoms with E-state index in [1.54, 1.807) is 24.4 Å². The van der Waals surface area contributed by atoms with E-state index >= 15 is 0 Å². The van der Waals surface area contributed by atoms with Gasteiger partial charge in [0.1, 0.15) is 21.5 Å². The number of halogens is 1. The van der Waals surface area contributed by atoms with Gasteiger partial charge in [-0.1, -0.05) is 11.6 Å². The molecule has 3 rings (SSSR count). The van der Waals surface area contributed by atoms with Crippen LogP contribution in [0.5, 0.6) is 0 Å². The Balaban J connectivity index is 1.70. The van der Waals surface area contributed by atoms with Gasteiger partial charge >= 0.3 is 11.9 Å². The Kier molecular flexibility index (Phi) is 6.63. The smallest absolute Gasteiger partial charge is 0.341 e. The minimum absolute atomic E-state index is 0.158. The molecule has 10 heteroatoms. The predicted octanol–water partition coefficient (Wildman–Crippen LogP) is 4.03. The lowest BCUT2D eigenvalue weighted by atomic mass is 10.1. The highest BCUT2D eigenvalue weighted by atomic mass is 35.5. The Hall–Kier alpha value is -3.17. The van der Waals surface area contributed by atoms with E-state index in [4.69, 9.17) is 25.5 Å². The van der Waals surface area contributed by atoms with Crippen LogP contribution in [0.15, 0.2) is 46.5 Å². The summed E-state index contributed by atoms with van der Waals surface area (Å²) in [7, 11) is 0. The van der Waals surface area contributed by atoms with Crippen molar-refractivity contribution in [2.24, 2.45) is 0 Å². The van der Waals surface area contributed by atoms with Crippen molar-refractivity contribution >= 4 is 45.8 Å². The Morgan fingerprint density at radius 2 is 2.03 bits per heavy atom. The molecule has 0 saturated carbocycles. The maximum atomic E-state index is 12.4. The minimum atomic E-state index is -0.725. The topological polar surface area (TPSA) is 108 Å². The van der Waals surface area contributed by atoms with E-state index in [1.807, 2.05) is 0 Å². The Bertz CT molecular complexity index is 1010. The fraction of sp³-hybridized carbons (Fsp3) is 0.158. The van der Waals surface area contributed by atoms with Crippen molar-refractivity contribution in [3.05, 3.63) is 58.4 Å². The number of hydrogen-bond donors (Lipinski definition) is 1. The maximum absolute atomic E-state index is 12.4. The number of carbonyl (C=O) groups is 3. The average molecular weight is 435 g/mol. The van der Waals surface area contributed by atoms with Crippen molar-refractivity contribution in [2.75, 3.05) is 18.5 Å². The van der Waals surface area contributed by atoms with Gasteiger partial charge in [-0.25, -0.2) is 14.6 Å². The van der Waals surface area contributed by atoms with Gasteiger partial charge in [0, 0.05) is 17.1 Å². The summed E-state index contributed by atoms with van der Waals surface area (Å²) in [5, 5.41) is 4.74. The lowest BCUT2D eigenvalue weighted by Crippen LogP contribution is -2.21. The van der Waals surface area contributed by atoms with Crippen LogP contribution in [0.25, 0.3) is 11.3 Å². The molecule has 0 aromatic carbocycles. The molecule has 0 unspecified atom stereocenters. The third-order valence-electron chi connectivity index (χ3n) is 3.61. The zero-order valence-electron chi connectivity index (χ0n) is 15.1. The molecule has 0 bridgehead atoms. The summed E-state index contributed by atoms with van der Waals surface area (Å²) in [5.41, 5.74) is 0.831. The summed E-state index contributed by atoms with van der Waals surface area (Å²) in [6.45, 7) is 1.31. The number of furan rings is 1. The van der Waals surface area contributed by atoms with Crippen molar-refractivity contribution < 1.29 is 28.3 Å². The molecule has 29 heavy (non-hydrogen) atoms. The lowest BCUT2D eigenvalue weighted by Gasteiger charge is -2.08. The third kappa shape index (κ3) is 5.01. The van der Waals surface area contributed by atoms with E-state index in [2.05, 4.69) is 10.3 Å². The van der Waals surface area contributed by atoms with Gasteiger partial charge in [-0.15, -0.1) is 11.3 Å². The van der Waals surface area contributed by atoms with E-state index in [0.29, 0.717) is 11.3 Å². The van der Waals surface area contributed by atoms with Crippen LogP contribution >= 0.6 is 22.9 Å². The number of pyridine rings is 1. The molecular weight excluding hydrogens is 420 g/mol. The number of esters is 2. The van der Waals surface area contributed by atoms with Crippen LogP contribution in [0.3, 0.4) is 0 Å². The Labute approximate surface area is 174 Å². The normalized spacial score (nSPS) is 10.4. The number of rotatable bonds is 7. The van der Waals surface area contributed by atoms with Crippen LogP contribution in [0.2, 0.25) is 5.15 Å². The highest BCUT2D eigenvalue weighted by molar-refractivity contribution is 7.15. The molecule has 0 spiro atoms. The van der Waals surface area contributed by atoms with Gasteiger partial charge < -0.3 is 19.2 Å². The van der Waals surface area contributed by atoms with E-state index < -0.39 is 24.5 Å². The number of nitrogens with zero attached hydrogens (tertiary/aromatic N) is 1. The van der Waals surface area contributed by atoms with E-state index in [0.717, 1.165) is 11.3 Å². The lowest BCUT2D eigenvalue weighted by molar-refractivity contribution is -0.119. The quantitative estimate of drug-likeness (QED) is 0.441. The van der Waals surface area contributed by atoms with Crippen molar-refractivity contribution in [3.63, 3.8) is 0 Å². The first-order valence-corrected chi connectivity index (χ1v) is 9.66. The van der Waals surface area contributed by atoms with Gasteiger partial charge in [0.25, 0.3) is 5.91 Å². The molecule has 0 aliphatic heterocycles. The van der Waals surface area contributed by atoms with Crippen LogP contribution in [-0.4, -0.2) is 36.0 Å². The fourth-order valence-corrected chi connectivity index (χ4v) is 3.41. The van der Waals surface area contributed by atoms with E-state index in [-0.39, 0.29) is 27.9 Å². The number of thiophene rings is 1. The van der Waals surface area contributed by atoms with Crippen LogP contribution in [0.4, 0.5) is 5.00 Å². The third-order valence-corrected chi connectivity index (χ3v) is 4.73. The molecular formula is C19H15ClN2O6S. The van der Waals surface area contributed by atoms with Crippen molar-refractivity contribution in [3.8, 4) is 11.3 Å². The second kappa shape index (κ2) is 9.35. The van der Waals surface area contributed by atoms with E-state index in [9.17, 15) is 14.4 Å². The molecule has 3 heterocycles. The molecule has 8 nitrogen and oxygen atoms in total. The average Bonchev–Trinajstić information content (AvgIpc) is 3.36. The van der Waals surface area contributed by atoms with Crippen LogP contribution in [-0.2, 0) is 14.3 Å². The predicted molar refractivity (Wildman–Crippen MR) is 106 cm³/mol. The molecule has 0 saturated heterocycles. The molecule has 0 fully saturated rings. The Morgan fingerprint density at radius 3 is 2.69 bits per heavy atom. The number of ether oxygens (including phenoxy) is 2. The van der Waals surface area contributed by atoms with Crippen LogP contribution in [0.1, 0.15) is 27.6 Å². The summed E-state index contributed by atoms with van der Waals surface area (Å²) < 4.78 is 15.4. The highest BCUT2D eigenvalue weighted by Crippen LogP contribution is 2.36. The number of hydrogen-bond acceptors (Lipinski definition) is 8. The van der Waals surface area contributed by atoms with Crippen molar-refractivity contribution in [1.82, 2.24) is 4.98 Å². The summed E-state index contributed by atoms with van der Waals surface area (Å²) >= 11 is 6.80. The second-order valence-corrected chi connectivity index (χ2v) is 6.81. The highest BCUT2D eigenvalue weighted by Gasteiger charge is 2.24. The number of carbonyl (C=O) groups excluding carboxylic acids is 3. The number of nitrogens with one attached hydrogen (secondary N) is 1. The fourth-order valence-electron chi connectivity index (χ4n) is 2.34. The van der Waals surface area contributed by atoms with Crippen molar-refractivity contribution in [1.29, 1.82) is 0 Å². The van der Waals surface area contributed by atoms with Gasteiger partial charge in [0.15, 0.2) is 6.61 Å². The zero-order chi connectivity index (χ0) is 20.8. The number of amides is 1. The molecule has 3 aromatic rings. The first-order chi connectivity index (χ1) is 14.0. The van der Waals surface area contributed by atoms with Crippen LogP contribution < -0.4 is 5.32 Å². The summed E-state index contributed by atoms with van der Waals surface area (Å²) in [4.78, 5) is 40.4. The molecule has 1 amide bonds. The number of anilines is 1. The van der Waals surface area contributed by atoms with Gasteiger partial charge in [-0.05, 0) is 31.2 Å². The molecule has 150 valence electrons. The van der Waals surface area contributed by atoms with Crippen molar-refractivity contribution in [2.45, 2.75) is 6.92 Å². The summed E-state index contributed by atoms with van der Waals surface area (Å²) in [6.07, 6.45) is 2.72. The molecule has 1 N–H and O–H groups in total. The molecule has 3 aromatic heterocycles. The summed E-state index contributed by atoms with van der Waals surface area (Å²) in [6, 6.07) is 6.25. The SMILES string of the molecule is CCOC(=O)c1c(-c2ccco2)csc1NC(=O)COC(=O)c1ccc(Cl)nc1. The van der Waals surface area contributed by atoms with Gasteiger partial charge in [-0.2, -0.15) is 0 Å². The summed E-state index contributed by atoms with van der Waals surface area (Å²) in [5.74, 6) is -1.47. The first-order valence-electron chi connectivity index (χ1n) is 8.40. The first kappa shape index (κ1) is 20.6. The minimum Gasteiger partial charge on any atom is -0.464 e. The molecule has 0 aliphatic carbocycles. The van der Waals surface area contributed by atoms with Crippen LogP contribution in [0, 0.1) is 0 Å². The van der Waals surface area contributed by atoms with Gasteiger partial charge in [0.05, 0.1) is 18.4 Å². The maximum Gasteiger partial charge on any atom is 0.341 e. The zero-order valence-corrected chi connectivity index (χ0v) is 16.7. The second-order valence-electron chi connectivity index (χ2n) is 5.55. The standard InChI is InChI=1S/C19H15ClN2O6S/c1-2-26-19(25)16-12(13-4-3-7-27-13)10-29-17(16)22-15(23)9-28-18(24)11-5-6-14(20)21-8-11/h3-8,10H,2,9H2,1H3,(H,22,23). The van der Waals surface area contributed by atoms with Gasteiger partial charge in [0.2, 0.25) is 0 Å². The number of aromatic nitrogens is 1. The molecule has 0 aliphatic rings. The van der Waals surface area contributed by atoms with E-state index in [1.165, 1.54) is 24.6 Å². The largest absolute Gasteiger partial charge is 0.464 e. The van der Waals surface area contributed by atoms with Gasteiger partial charge in [-0.3, -0.25) is 4.79 Å². The Morgan fingerprint density at radius 1 is 1.21 bits per heavy atom. The monoisotopic (exact) mass is 434 g/mol. The molecule has 0 radical (unpaired) electrons. The molecule has 0 atom stereocenters.